The second-order valence-corrected chi connectivity index (χ2v) is 5.27. The maximum atomic E-state index is 11.7. The van der Waals surface area contributed by atoms with Crippen LogP contribution >= 0.6 is 11.3 Å². The molecule has 1 aromatic heterocycles. The third kappa shape index (κ3) is 4.00. The smallest absolute Gasteiger partial charge is 0.222 e. The number of aromatic nitrogens is 1. The van der Waals surface area contributed by atoms with E-state index in [1.54, 1.807) is 16.2 Å². The summed E-state index contributed by atoms with van der Waals surface area (Å²) in [5.74, 6) is 0.604. The van der Waals surface area contributed by atoms with E-state index in [-0.39, 0.29) is 5.91 Å². The highest BCUT2D eigenvalue weighted by Gasteiger charge is 2.11. The Bertz CT molecular complexity index is 333. The van der Waals surface area contributed by atoms with Crippen molar-refractivity contribution in [3.8, 4) is 0 Å². The Balaban J connectivity index is 2.48. The van der Waals surface area contributed by atoms with Crippen LogP contribution in [-0.4, -0.2) is 22.8 Å². The van der Waals surface area contributed by atoms with Gasteiger partial charge < -0.3 is 4.90 Å². The third-order valence-corrected chi connectivity index (χ3v) is 2.90. The van der Waals surface area contributed by atoms with E-state index in [2.05, 4.69) is 18.8 Å². The van der Waals surface area contributed by atoms with Gasteiger partial charge in [-0.15, -0.1) is 11.3 Å². The van der Waals surface area contributed by atoms with Crippen LogP contribution in [0.2, 0.25) is 0 Å². The molecule has 1 aromatic rings. The monoisotopic (exact) mass is 226 g/mol. The maximum Gasteiger partial charge on any atom is 0.222 e. The van der Waals surface area contributed by atoms with E-state index in [1.807, 2.05) is 19.4 Å². The summed E-state index contributed by atoms with van der Waals surface area (Å²) in [7, 11) is 1.83. The van der Waals surface area contributed by atoms with Crippen molar-refractivity contribution in [1.29, 1.82) is 0 Å². The van der Waals surface area contributed by atoms with Gasteiger partial charge in [-0.1, -0.05) is 13.8 Å². The molecule has 1 heterocycles. The summed E-state index contributed by atoms with van der Waals surface area (Å²) in [4.78, 5) is 17.7. The summed E-state index contributed by atoms with van der Waals surface area (Å²) in [6.45, 7) is 6.71. The number of rotatable bonds is 4. The van der Waals surface area contributed by atoms with Gasteiger partial charge in [0, 0.05) is 18.8 Å². The summed E-state index contributed by atoms with van der Waals surface area (Å²) < 4.78 is 0. The lowest BCUT2D eigenvalue weighted by Gasteiger charge is -2.16. The van der Waals surface area contributed by atoms with Crippen molar-refractivity contribution in [3.63, 3.8) is 0 Å². The molecule has 4 heteroatoms. The van der Waals surface area contributed by atoms with Crippen LogP contribution in [0.1, 0.15) is 31.0 Å². The van der Waals surface area contributed by atoms with E-state index in [4.69, 9.17) is 0 Å². The number of thiazole rings is 1. The lowest BCUT2D eigenvalue weighted by atomic mass is 10.1. The first-order chi connectivity index (χ1) is 6.99. The number of amides is 1. The van der Waals surface area contributed by atoms with Crippen molar-refractivity contribution in [2.24, 2.45) is 5.92 Å². The van der Waals surface area contributed by atoms with Gasteiger partial charge in [-0.2, -0.15) is 0 Å². The number of nitrogens with zero attached hydrogens (tertiary/aromatic N) is 2. The van der Waals surface area contributed by atoms with Gasteiger partial charge in [0.1, 0.15) is 0 Å². The van der Waals surface area contributed by atoms with Crippen LogP contribution in [0.3, 0.4) is 0 Å². The van der Waals surface area contributed by atoms with E-state index in [0.29, 0.717) is 18.9 Å². The highest BCUT2D eigenvalue weighted by Crippen LogP contribution is 2.11. The van der Waals surface area contributed by atoms with Gasteiger partial charge in [0.2, 0.25) is 5.91 Å². The van der Waals surface area contributed by atoms with Gasteiger partial charge in [-0.05, 0) is 12.8 Å². The van der Waals surface area contributed by atoms with E-state index < -0.39 is 0 Å². The first kappa shape index (κ1) is 12.2. The second kappa shape index (κ2) is 5.26. The van der Waals surface area contributed by atoms with Crippen molar-refractivity contribution in [3.05, 3.63) is 16.1 Å². The molecule has 84 valence electrons. The number of hydrogen-bond acceptors (Lipinski definition) is 3. The van der Waals surface area contributed by atoms with Crippen LogP contribution in [0.5, 0.6) is 0 Å². The van der Waals surface area contributed by atoms with Crippen LogP contribution in [0.25, 0.3) is 0 Å². The zero-order chi connectivity index (χ0) is 11.4. The molecule has 0 aliphatic rings. The normalized spacial score (nSPS) is 10.7. The predicted molar refractivity (Wildman–Crippen MR) is 62.8 cm³/mol. The van der Waals surface area contributed by atoms with Crippen molar-refractivity contribution in [2.75, 3.05) is 7.05 Å². The highest BCUT2D eigenvalue weighted by atomic mass is 32.1. The van der Waals surface area contributed by atoms with E-state index in [9.17, 15) is 4.79 Å². The first-order valence-corrected chi connectivity index (χ1v) is 6.02. The predicted octanol–water partition coefficient (Wildman–Crippen LogP) is 2.46. The van der Waals surface area contributed by atoms with Crippen LogP contribution in [0.15, 0.2) is 5.38 Å². The maximum absolute atomic E-state index is 11.7. The fraction of sp³-hybridized carbons (Fsp3) is 0.636. The lowest BCUT2D eigenvalue weighted by Crippen LogP contribution is -2.27. The molecule has 0 radical (unpaired) electrons. The van der Waals surface area contributed by atoms with Gasteiger partial charge in [0.05, 0.1) is 17.2 Å². The SMILES string of the molecule is Cc1nc(CN(C)C(=O)CC(C)C)cs1. The standard InChI is InChI=1S/C11H18N2OS/c1-8(2)5-11(14)13(4)6-10-7-15-9(3)12-10/h7-8H,5-6H2,1-4H3. The zero-order valence-electron chi connectivity index (χ0n) is 9.78. The van der Waals surface area contributed by atoms with Crippen LogP contribution in [0.4, 0.5) is 0 Å². The number of aryl methyl sites for hydroxylation is 1. The Labute approximate surface area is 95.1 Å². The zero-order valence-corrected chi connectivity index (χ0v) is 10.6. The van der Waals surface area contributed by atoms with Crippen molar-refractivity contribution >= 4 is 17.2 Å². The van der Waals surface area contributed by atoms with Crippen LogP contribution in [-0.2, 0) is 11.3 Å². The summed E-state index contributed by atoms with van der Waals surface area (Å²) >= 11 is 1.62. The first-order valence-electron chi connectivity index (χ1n) is 5.14. The van der Waals surface area contributed by atoms with Crippen LogP contribution < -0.4 is 0 Å². The molecule has 0 saturated carbocycles. The lowest BCUT2D eigenvalue weighted by molar-refractivity contribution is -0.131. The summed E-state index contributed by atoms with van der Waals surface area (Å²) in [5, 5.41) is 3.06. The Morgan fingerprint density at radius 2 is 2.27 bits per heavy atom. The Hall–Kier alpha value is -0.900. The molecule has 0 aliphatic heterocycles. The van der Waals surface area contributed by atoms with Crippen molar-refractivity contribution in [2.45, 2.75) is 33.7 Å². The van der Waals surface area contributed by atoms with Crippen molar-refractivity contribution < 1.29 is 4.79 Å². The minimum absolute atomic E-state index is 0.190. The molecule has 0 atom stereocenters. The summed E-state index contributed by atoms with van der Waals surface area (Å²) in [6, 6.07) is 0. The van der Waals surface area contributed by atoms with Gasteiger partial charge in [0.15, 0.2) is 0 Å². The number of carbonyl (C=O) groups excluding carboxylic acids is 1. The molecular formula is C11H18N2OS. The van der Waals surface area contributed by atoms with Gasteiger partial charge in [-0.25, -0.2) is 4.98 Å². The summed E-state index contributed by atoms with van der Waals surface area (Å²) in [6.07, 6.45) is 0.611. The second-order valence-electron chi connectivity index (χ2n) is 4.21. The number of hydrogen-bond donors (Lipinski definition) is 0. The summed E-state index contributed by atoms with van der Waals surface area (Å²) in [5.41, 5.74) is 0.983. The minimum Gasteiger partial charge on any atom is -0.340 e. The molecule has 0 N–H and O–H groups in total. The minimum atomic E-state index is 0.190. The van der Waals surface area contributed by atoms with Gasteiger partial charge in [0.25, 0.3) is 0 Å². The fourth-order valence-electron chi connectivity index (χ4n) is 1.32. The molecule has 0 spiro atoms. The van der Waals surface area contributed by atoms with Crippen molar-refractivity contribution in [1.82, 2.24) is 9.88 Å². The molecule has 0 saturated heterocycles. The molecule has 0 bridgehead atoms. The van der Waals surface area contributed by atoms with Gasteiger partial charge in [-0.3, -0.25) is 4.79 Å². The Morgan fingerprint density at radius 3 is 2.73 bits per heavy atom. The molecule has 0 unspecified atom stereocenters. The molecule has 1 amide bonds. The molecule has 0 aliphatic carbocycles. The van der Waals surface area contributed by atoms with E-state index in [1.165, 1.54) is 0 Å². The fourth-order valence-corrected chi connectivity index (χ4v) is 1.92. The van der Waals surface area contributed by atoms with E-state index in [0.717, 1.165) is 10.7 Å². The van der Waals surface area contributed by atoms with E-state index >= 15 is 0 Å². The molecule has 3 nitrogen and oxygen atoms in total. The molecule has 15 heavy (non-hydrogen) atoms. The molecular weight excluding hydrogens is 208 g/mol. The topological polar surface area (TPSA) is 33.2 Å². The Morgan fingerprint density at radius 1 is 1.60 bits per heavy atom. The average molecular weight is 226 g/mol. The largest absolute Gasteiger partial charge is 0.340 e. The quantitative estimate of drug-likeness (QED) is 0.790. The Kier molecular flexibility index (Phi) is 4.27. The molecule has 0 aromatic carbocycles. The van der Waals surface area contributed by atoms with Crippen LogP contribution in [0, 0.1) is 12.8 Å². The number of carbonyl (C=O) groups is 1. The molecule has 0 fully saturated rings. The van der Waals surface area contributed by atoms with Gasteiger partial charge >= 0.3 is 0 Å². The third-order valence-electron chi connectivity index (χ3n) is 2.07. The highest BCUT2D eigenvalue weighted by molar-refractivity contribution is 7.09. The average Bonchev–Trinajstić information content (AvgIpc) is 2.50. The molecule has 1 rings (SSSR count).